The van der Waals surface area contributed by atoms with Crippen LogP contribution in [0.2, 0.25) is 5.02 Å². The number of carbonyl (C=O) groups excluding carboxylic acids is 1. The fraction of sp³-hybridized carbons (Fsp3) is 0.462. The van der Waals surface area contributed by atoms with E-state index in [4.69, 9.17) is 16.3 Å². The molecule has 100 valence electrons. The van der Waals surface area contributed by atoms with Crippen LogP contribution in [0, 0.1) is 0 Å². The van der Waals surface area contributed by atoms with E-state index in [1.807, 2.05) is 24.3 Å². The van der Waals surface area contributed by atoms with E-state index in [0.717, 1.165) is 12.0 Å². The molecular weight excluding hydrogens is 252 g/mol. The first kappa shape index (κ1) is 14.8. The van der Waals surface area contributed by atoms with Gasteiger partial charge in [-0.1, -0.05) is 29.8 Å². The number of nitrogens with one attached hydrogen (secondary N) is 1. The molecule has 5 heteroatoms. The van der Waals surface area contributed by atoms with E-state index in [0.29, 0.717) is 24.7 Å². The van der Waals surface area contributed by atoms with Gasteiger partial charge >= 0.3 is 6.03 Å². The zero-order chi connectivity index (χ0) is 13.4. The molecule has 0 heterocycles. The van der Waals surface area contributed by atoms with Crippen molar-refractivity contribution in [1.82, 2.24) is 10.2 Å². The molecule has 0 saturated heterocycles. The topological polar surface area (TPSA) is 41.6 Å². The fourth-order valence-corrected chi connectivity index (χ4v) is 1.70. The summed E-state index contributed by atoms with van der Waals surface area (Å²) < 4.78 is 4.91. The van der Waals surface area contributed by atoms with Crippen molar-refractivity contribution in [3.8, 4) is 0 Å². The molecule has 0 radical (unpaired) electrons. The summed E-state index contributed by atoms with van der Waals surface area (Å²) in [7, 11) is 3.39. The molecule has 0 bridgehead atoms. The van der Waals surface area contributed by atoms with Crippen LogP contribution >= 0.6 is 11.6 Å². The first-order valence-corrected chi connectivity index (χ1v) is 6.24. The van der Waals surface area contributed by atoms with Gasteiger partial charge in [-0.15, -0.1) is 0 Å². The lowest BCUT2D eigenvalue weighted by Gasteiger charge is -2.18. The maximum absolute atomic E-state index is 11.8. The third kappa shape index (κ3) is 4.94. The van der Waals surface area contributed by atoms with E-state index in [1.165, 1.54) is 0 Å². The third-order valence-corrected chi connectivity index (χ3v) is 2.88. The molecule has 0 unspecified atom stereocenters. The second-order valence-corrected chi connectivity index (χ2v) is 4.43. The predicted molar refractivity (Wildman–Crippen MR) is 72.8 cm³/mol. The van der Waals surface area contributed by atoms with Gasteiger partial charge in [0.15, 0.2) is 0 Å². The number of urea groups is 1. The van der Waals surface area contributed by atoms with Crippen LogP contribution < -0.4 is 5.32 Å². The van der Waals surface area contributed by atoms with Crippen LogP contribution in [0.5, 0.6) is 0 Å². The summed E-state index contributed by atoms with van der Waals surface area (Å²) in [5, 5.41) is 3.50. The number of hydrogen-bond acceptors (Lipinski definition) is 2. The van der Waals surface area contributed by atoms with Crippen molar-refractivity contribution < 1.29 is 9.53 Å². The van der Waals surface area contributed by atoms with Gasteiger partial charge in [0.25, 0.3) is 0 Å². The van der Waals surface area contributed by atoms with Gasteiger partial charge in [-0.05, 0) is 18.1 Å². The lowest BCUT2D eigenvalue weighted by atomic mass is 10.2. The van der Waals surface area contributed by atoms with Crippen LogP contribution in [-0.4, -0.2) is 38.2 Å². The SMILES string of the molecule is COCCCNC(=O)N(C)Cc1ccccc1Cl. The molecule has 1 aromatic carbocycles. The van der Waals surface area contributed by atoms with Gasteiger partial charge in [-0.3, -0.25) is 0 Å². The number of benzene rings is 1. The molecule has 0 atom stereocenters. The van der Waals surface area contributed by atoms with Gasteiger partial charge in [0.05, 0.1) is 0 Å². The number of methoxy groups -OCH3 is 1. The third-order valence-electron chi connectivity index (χ3n) is 2.51. The molecule has 0 spiro atoms. The molecule has 1 aromatic rings. The highest BCUT2D eigenvalue weighted by molar-refractivity contribution is 6.31. The normalized spacial score (nSPS) is 10.2. The Balaban J connectivity index is 2.38. The highest BCUT2D eigenvalue weighted by Crippen LogP contribution is 2.16. The molecule has 0 aromatic heterocycles. The molecule has 0 aliphatic rings. The lowest BCUT2D eigenvalue weighted by molar-refractivity contribution is 0.188. The van der Waals surface area contributed by atoms with Gasteiger partial charge in [-0.2, -0.15) is 0 Å². The van der Waals surface area contributed by atoms with Gasteiger partial charge in [0.1, 0.15) is 0 Å². The van der Waals surface area contributed by atoms with Gasteiger partial charge in [0, 0.05) is 38.9 Å². The number of amides is 2. The molecule has 18 heavy (non-hydrogen) atoms. The molecule has 4 nitrogen and oxygen atoms in total. The largest absolute Gasteiger partial charge is 0.385 e. The van der Waals surface area contributed by atoms with E-state index in [9.17, 15) is 4.79 Å². The van der Waals surface area contributed by atoms with Crippen LogP contribution in [0.1, 0.15) is 12.0 Å². The zero-order valence-corrected chi connectivity index (χ0v) is 11.5. The number of ether oxygens (including phenoxy) is 1. The minimum Gasteiger partial charge on any atom is -0.385 e. The Bertz CT molecular complexity index is 385. The summed E-state index contributed by atoms with van der Waals surface area (Å²) in [6.07, 6.45) is 0.808. The maximum Gasteiger partial charge on any atom is 0.317 e. The highest BCUT2D eigenvalue weighted by atomic mass is 35.5. The predicted octanol–water partition coefficient (Wildman–Crippen LogP) is 2.52. The Labute approximate surface area is 113 Å². The summed E-state index contributed by atoms with van der Waals surface area (Å²) in [5.41, 5.74) is 0.939. The Morgan fingerprint density at radius 2 is 2.17 bits per heavy atom. The molecular formula is C13H19ClN2O2. The van der Waals surface area contributed by atoms with Crippen molar-refractivity contribution in [2.75, 3.05) is 27.3 Å². The van der Waals surface area contributed by atoms with Crippen LogP contribution in [0.4, 0.5) is 4.79 Å². The quantitative estimate of drug-likeness (QED) is 0.807. The summed E-state index contributed by atoms with van der Waals surface area (Å²) in [6, 6.07) is 7.41. The van der Waals surface area contributed by atoms with Gasteiger partial charge < -0.3 is 15.0 Å². The van der Waals surface area contributed by atoms with Crippen molar-refractivity contribution in [2.24, 2.45) is 0 Å². The first-order valence-electron chi connectivity index (χ1n) is 5.86. The highest BCUT2D eigenvalue weighted by Gasteiger charge is 2.09. The number of carbonyl (C=O) groups is 1. The number of halogens is 1. The van der Waals surface area contributed by atoms with Crippen molar-refractivity contribution >= 4 is 17.6 Å². The second-order valence-electron chi connectivity index (χ2n) is 4.03. The average Bonchev–Trinajstić information content (AvgIpc) is 2.37. The van der Waals surface area contributed by atoms with Crippen LogP contribution in [-0.2, 0) is 11.3 Å². The van der Waals surface area contributed by atoms with Crippen molar-refractivity contribution in [3.05, 3.63) is 34.9 Å². The van der Waals surface area contributed by atoms with Crippen LogP contribution in [0.3, 0.4) is 0 Å². The molecule has 0 saturated carbocycles. The monoisotopic (exact) mass is 270 g/mol. The summed E-state index contributed by atoms with van der Waals surface area (Å²) >= 11 is 6.04. The van der Waals surface area contributed by atoms with Crippen molar-refractivity contribution in [1.29, 1.82) is 0 Å². The molecule has 0 fully saturated rings. The Kier molecular flexibility index (Phi) is 6.54. The average molecular weight is 271 g/mol. The van der Waals surface area contributed by atoms with E-state index in [2.05, 4.69) is 5.32 Å². The zero-order valence-electron chi connectivity index (χ0n) is 10.8. The number of rotatable bonds is 6. The standard InChI is InChI=1S/C13H19ClN2O2/c1-16(13(17)15-8-5-9-18-2)10-11-6-3-4-7-12(11)14/h3-4,6-7H,5,8-10H2,1-2H3,(H,15,17). The van der Waals surface area contributed by atoms with Gasteiger partial charge in [-0.25, -0.2) is 4.79 Å². The minimum absolute atomic E-state index is 0.106. The van der Waals surface area contributed by atoms with E-state index < -0.39 is 0 Å². The molecule has 0 aliphatic carbocycles. The van der Waals surface area contributed by atoms with E-state index in [1.54, 1.807) is 19.1 Å². The van der Waals surface area contributed by atoms with Crippen molar-refractivity contribution in [2.45, 2.75) is 13.0 Å². The van der Waals surface area contributed by atoms with Crippen LogP contribution in [0.15, 0.2) is 24.3 Å². The Hall–Kier alpha value is -1.26. The summed E-state index contributed by atoms with van der Waals surface area (Å²) in [6.45, 7) is 1.75. The summed E-state index contributed by atoms with van der Waals surface area (Å²) in [4.78, 5) is 13.4. The van der Waals surface area contributed by atoms with Crippen LogP contribution in [0.25, 0.3) is 0 Å². The lowest BCUT2D eigenvalue weighted by Crippen LogP contribution is -2.37. The second kappa shape index (κ2) is 7.95. The maximum atomic E-state index is 11.8. The molecule has 0 aliphatic heterocycles. The fourth-order valence-electron chi connectivity index (χ4n) is 1.50. The van der Waals surface area contributed by atoms with Gasteiger partial charge in [0.2, 0.25) is 0 Å². The Morgan fingerprint density at radius 1 is 1.44 bits per heavy atom. The Morgan fingerprint density at radius 3 is 2.83 bits per heavy atom. The number of hydrogen-bond donors (Lipinski definition) is 1. The minimum atomic E-state index is -0.106. The molecule has 1 N–H and O–H groups in total. The first-order chi connectivity index (χ1) is 8.65. The van der Waals surface area contributed by atoms with E-state index in [-0.39, 0.29) is 6.03 Å². The number of nitrogens with zero attached hydrogens (tertiary/aromatic N) is 1. The molecule has 1 rings (SSSR count). The van der Waals surface area contributed by atoms with E-state index >= 15 is 0 Å². The van der Waals surface area contributed by atoms with Crippen molar-refractivity contribution in [3.63, 3.8) is 0 Å². The smallest absolute Gasteiger partial charge is 0.317 e. The molecule has 2 amide bonds. The summed E-state index contributed by atoms with van der Waals surface area (Å²) in [5.74, 6) is 0.